The van der Waals surface area contributed by atoms with Gasteiger partial charge >= 0.3 is 5.91 Å². The number of aryl methyl sites for hydroxylation is 1. The number of aromatic amines is 1. The van der Waals surface area contributed by atoms with Crippen molar-refractivity contribution in [2.24, 2.45) is 0 Å². The number of fused-ring (bicyclic) bond motifs is 1. The summed E-state index contributed by atoms with van der Waals surface area (Å²) in [7, 11) is 0. The fourth-order valence-electron chi connectivity index (χ4n) is 4.38. The number of nitrogens with zero attached hydrogens (tertiary/aromatic N) is 2. The largest absolute Gasteiger partial charge is 0.507 e. The predicted octanol–water partition coefficient (Wildman–Crippen LogP) is 5.28. The van der Waals surface area contributed by atoms with Gasteiger partial charge in [0.05, 0.1) is 28.8 Å². The second-order valence-corrected chi connectivity index (χ2v) is 8.85. The summed E-state index contributed by atoms with van der Waals surface area (Å²) in [4.78, 5) is 35.7. The average Bonchev–Trinajstić information content (AvgIpc) is 3.37. The van der Waals surface area contributed by atoms with Crippen LogP contribution in [0, 0.1) is 6.92 Å². The molecule has 5 rings (SSSR count). The van der Waals surface area contributed by atoms with Crippen LogP contribution in [0.4, 0.5) is 5.95 Å². The van der Waals surface area contributed by atoms with Gasteiger partial charge in [0, 0.05) is 5.56 Å². The summed E-state index contributed by atoms with van der Waals surface area (Å²) < 4.78 is 5.68. The molecular formula is C28H25N3O4. The molecule has 1 amide bonds. The summed E-state index contributed by atoms with van der Waals surface area (Å²) in [5.74, 6) is -0.868. The Morgan fingerprint density at radius 2 is 1.77 bits per heavy atom. The van der Waals surface area contributed by atoms with Crippen LogP contribution in [0.1, 0.15) is 36.6 Å². The summed E-state index contributed by atoms with van der Waals surface area (Å²) in [5, 5.41) is 11.3. The third-order valence-electron chi connectivity index (χ3n) is 5.91. The molecule has 1 unspecified atom stereocenters. The molecule has 0 bridgehead atoms. The zero-order valence-electron chi connectivity index (χ0n) is 19.6. The van der Waals surface area contributed by atoms with Crippen LogP contribution in [-0.4, -0.2) is 32.9 Å². The number of aromatic nitrogens is 2. The molecule has 2 N–H and O–H groups in total. The van der Waals surface area contributed by atoms with E-state index in [1.54, 1.807) is 24.3 Å². The van der Waals surface area contributed by atoms with Gasteiger partial charge in [-0.25, -0.2) is 4.98 Å². The topological polar surface area (TPSA) is 95.5 Å². The number of aliphatic hydroxyl groups excluding tert-OH is 1. The molecule has 35 heavy (non-hydrogen) atoms. The summed E-state index contributed by atoms with van der Waals surface area (Å²) in [6, 6.07) is 20.9. The van der Waals surface area contributed by atoms with Crippen molar-refractivity contribution in [1.82, 2.24) is 9.97 Å². The standard InChI is InChI=1S/C28H25N3O4/c1-16(2)35-20-13-11-18(12-14-20)25(32)23-24(19-8-6-7-17(3)15-19)31(27(34)26(23)33)28-29-21-9-4-5-10-22(21)30-28/h4-16,24,32H,1-3H3,(H,29,30)/b25-23+. The van der Waals surface area contributed by atoms with Gasteiger partial charge in [-0.1, -0.05) is 42.0 Å². The quantitative estimate of drug-likeness (QED) is 0.236. The Morgan fingerprint density at radius 1 is 1.03 bits per heavy atom. The molecule has 1 atom stereocenters. The van der Waals surface area contributed by atoms with Crippen molar-refractivity contribution < 1.29 is 19.4 Å². The molecule has 7 nitrogen and oxygen atoms in total. The van der Waals surface area contributed by atoms with E-state index in [4.69, 9.17) is 4.74 Å². The minimum atomic E-state index is -0.845. The molecule has 0 radical (unpaired) electrons. The van der Waals surface area contributed by atoms with Crippen LogP contribution >= 0.6 is 0 Å². The van der Waals surface area contributed by atoms with Gasteiger partial charge in [0.15, 0.2) is 0 Å². The zero-order chi connectivity index (χ0) is 24.7. The molecule has 176 valence electrons. The number of carbonyl (C=O) groups excluding carboxylic acids is 2. The molecule has 1 aliphatic rings. The number of Topliss-reactive ketones (excluding diaryl/α,β-unsaturated/α-hetero) is 1. The maximum absolute atomic E-state index is 13.3. The third kappa shape index (κ3) is 4.05. The number of anilines is 1. The van der Waals surface area contributed by atoms with Crippen LogP contribution in [0.5, 0.6) is 5.75 Å². The number of ketones is 1. The highest BCUT2D eigenvalue weighted by Gasteiger charge is 2.48. The van der Waals surface area contributed by atoms with Crippen molar-refractivity contribution in [2.75, 3.05) is 4.90 Å². The smallest absolute Gasteiger partial charge is 0.302 e. The number of imidazole rings is 1. The van der Waals surface area contributed by atoms with Crippen molar-refractivity contribution in [3.05, 3.63) is 95.1 Å². The van der Waals surface area contributed by atoms with E-state index in [0.29, 0.717) is 22.4 Å². The highest BCUT2D eigenvalue weighted by atomic mass is 16.5. The molecule has 4 aromatic rings. The van der Waals surface area contributed by atoms with Gasteiger partial charge in [0.1, 0.15) is 11.5 Å². The van der Waals surface area contributed by atoms with Crippen LogP contribution in [0.3, 0.4) is 0 Å². The van der Waals surface area contributed by atoms with E-state index in [1.165, 1.54) is 4.90 Å². The second kappa shape index (κ2) is 8.76. The fourth-order valence-corrected chi connectivity index (χ4v) is 4.38. The van der Waals surface area contributed by atoms with Gasteiger partial charge in [-0.15, -0.1) is 0 Å². The lowest BCUT2D eigenvalue weighted by Gasteiger charge is -2.23. The Labute approximate surface area is 202 Å². The van der Waals surface area contributed by atoms with E-state index in [1.807, 2.05) is 69.3 Å². The Morgan fingerprint density at radius 3 is 2.46 bits per heavy atom. The molecule has 2 heterocycles. The first-order valence-electron chi connectivity index (χ1n) is 11.4. The van der Waals surface area contributed by atoms with Gasteiger partial charge < -0.3 is 14.8 Å². The molecule has 7 heteroatoms. The summed E-state index contributed by atoms with van der Waals surface area (Å²) in [6.45, 7) is 5.79. The van der Waals surface area contributed by atoms with Crippen molar-refractivity contribution >= 4 is 34.4 Å². The normalized spacial score (nSPS) is 17.5. The maximum atomic E-state index is 13.3. The number of benzene rings is 3. The number of nitrogens with one attached hydrogen (secondary N) is 1. The van der Waals surface area contributed by atoms with Gasteiger partial charge in [-0.05, 0) is 62.7 Å². The lowest BCUT2D eigenvalue weighted by Crippen LogP contribution is -2.30. The number of aliphatic hydroxyl groups is 1. The molecular weight excluding hydrogens is 442 g/mol. The highest BCUT2D eigenvalue weighted by molar-refractivity contribution is 6.51. The number of hydrogen-bond acceptors (Lipinski definition) is 5. The van der Waals surface area contributed by atoms with Crippen LogP contribution in [-0.2, 0) is 9.59 Å². The number of para-hydroxylation sites is 2. The van der Waals surface area contributed by atoms with Gasteiger partial charge in [0.2, 0.25) is 5.95 Å². The number of ether oxygens (including phenoxy) is 1. The first-order chi connectivity index (χ1) is 16.8. The monoisotopic (exact) mass is 467 g/mol. The number of H-pyrrole nitrogens is 1. The second-order valence-electron chi connectivity index (χ2n) is 8.85. The first-order valence-corrected chi connectivity index (χ1v) is 11.4. The van der Waals surface area contributed by atoms with E-state index in [0.717, 1.165) is 11.1 Å². The van der Waals surface area contributed by atoms with E-state index in [2.05, 4.69) is 9.97 Å². The van der Waals surface area contributed by atoms with Gasteiger partial charge in [0.25, 0.3) is 5.78 Å². The lowest BCUT2D eigenvalue weighted by atomic mass is 9.94. The molecule has 3 aromatic carbocycles. The SMILES string of the molecule is Cc1cccc(C2/C(=C(\O)c3ccc(OC(C)C)cc3)C(=O)C(=O)N2c2nc3ccccc3[nH]2)c1. The minimum absolute atomic E-state index is 0.00454. The summed E-state index contributed by atoms with van der Waals surface area (Å²) in [5.41, 5.74) is 3.51. The number of carbonyl (C=O) groups is 2. The molecule has 0 spiro atoms. The Bertz CT molecular complexity index is 1430. The van der Waals surface area contributed by atoms with Crippen molar-refractivity contribution in [3.8, 4) is 5.75 Å². The average molecular weight is 468 g/mol. The highest BCUT2D eigenvalue weighted by Crippen LogP contribution is 2.42. The maximum Gasteiger partial charge on any atom is 0.302 e. The van der Waals surface area contributed by atoms with Crippen LogP contribution in [0.25, 0.3) is 16.8 Å². The number of hydrogen-bond donors (Lipinski definition) is 2. The summed E-state index contributed by atoms with van der Waals surface area (Å²) in [6.07, 6.45) is 0.00454. The van der Waals surface area contributed by atoms with Crippen LogP contribution in [0.2, 0.25) is 0 Å². The van der Waals surface area contributed by atoms with Gasteiger partial charge in [-0.2, -0.15) is 0 Å². The Kier molecular flexibility index (Phi) is 5.61. The van der Waals surface area contributed by atoms with E-state index in [-0.39, 0.29) is 23.4 Å². The van der Waals surface area contributed by atoms with Crippen molar-refractivity contribution in [3.63, 3.8) is 0 Å². The van der Waals surface area contributed by atoms with Crippen molar-refractivity contribution in [1.29, 1.82) is 0 Å². The van der Waals surface area contributed by atoms with Crippen LogP contribution < -0.4 is 9.64 Å². The lowest BCUT2D eigenvalue weighted by molar-refractivity contribution is -0.132. The fraction of sp³-hybridized carbons (Fsp3) is 0.179. The Hall–Kier alpha value is -4.39. The van der Waals surface area contributed by atoms with E-state index < -0.39 is 17.7 Å². The summed E-state index contributed by atoms with van der Waals surface area (Å²) >= 11 is 0. The molecule has 1 saturated heterocycles. The molecule has 0 saturated carbocycles. The van der Waals surface area contributed by atoms with E-state index >= 15 is 0 Å². The van der Waals surface area contributed by atoms with Crippen LogP contribution in [0.15, 0.2) is 78.4 Å². The minimum Gasteiger partial charge on any atom is -0.507 e. The van der Waals surface area contributed by atoms with Gasteiger partial charge in [-0.3, -0.25) is 14.5 Å². The number of rotatable bonds is 5. The molecule has 1 aliphatic heterocycles. The molecule has 1 aromatic heterocycles. The van der Waals surface area contributed by atoms with Crippen molar-refractivity contribution in [2.45, 2.75) is 32.9 Å². The Balaban J connectivity index is 1.67. The predicted molar refractivity (Wildman–Crippen MR) is 134 cm³/mol. The zero-order valence-corrected chi connectivity index (χ0v) is 19.6. The van der Waals surface area contributed by atoms with E-state index in [9.17, 15) is 14.7 Å². The molecule has 1 fully saturated rings. The number of amides is 1. The third-order valence-corrected chi connectivity index (χ3v) is 5.91. The molecule has 0 aliphatic carbocycles. The first kappa shape index (κ1) is 22.4.